The van der Waals surface area contributed by atoms with Gasteiger partial charge in [0.25, 0.3) is 0 Å². The van der Waals surface area contributed by atoms with Gasteiger partial charge in [-0.1, -0.05) is 25.5 Å². The number of aryl methyl sites for hydroxylation is 2. The van der Waals surface area contributed by atoms with E-state index in [1.807, 2.05) is 0 Å². The zero-order chi connectivity index (χ0) is 15.4. The van der Waals surface area contributed by atoms with E-state index in [-0.39, 0.29) is 0 Å². The van der Waals surface area contributed by atoms with Crippen LogP contribution in [0.15, 0.2) is 17.7 Å². The van der Waals surface area contributed by atoms with E-state index in [0.29, 0.717) is 5.92 Å². The van der Waals surface area contributed by atoms with Crippen molar-refractivity contribution in [3.63, 3.8) is 0 Å². The fraction of sp³-hybridized carbons (Fsp3) is 0.611. The molecule has 0 saturated heterocycles. The Labute approximate surface area is 129 Å². The molecule has 0 aliphatic carbocycles. The monoisotopic (exact) mass is 287 g/mol. The first-order valence-electron chi connectivity index (χ1n) is 8.05. The van der Waals surface area contributed by atoms with Gasteiger partial charge in [-0.15, -0.1) is 0 Å². The highest BCUT2D eigenvalue weighted by molar-refractivity contribution is 5.53. The molecule has 2 rings (SSSR count). The highest BCUT2D eigenvalue weighted by atomic mass is 15.2. The normalized spacial score (nSPS) is 15.5. The van der Waals surface area contributed by atoms with E-state index in [1.165, 1.54) is 22.5 Å². The second-order valence-electron chi connectivity index (χ2n) is 6.67. The van der Waals surface area contributed by atoms with Gasteiger partial charge in [0.15, 0.2) is 0 Å². The fourth-order valence-electron chi connectivity index (χ4n) is 2.90. The fourth-order valence-corrected chi connectivity index (χ4v) is 2.90. The third-order valence-electron chi connectivity index (χ3n) is 3.94. The Kier molecular flexibility index (Phi) is 5.40. The van der Waals surface area contributed by atoms with Crippen LogP contribution in [0.4, 0.5) is 5.82 Å². The summed E-state index contributed by atoms with van der Waals surface area (Å²) in [6, 6.07) is 2.20. The Balaban J connectivity index is 2.23. The van der Waals surface area contributed by atoms with E-state index in [2.05, 4.69) is 57.0 Å². The molecule has 3 nitrogen and oxygen atoms in total. The molecule has 1 aromatic heterocycles. The quantitative estimate of drug-likeness (QED) is 0.839. The largest absolute Gasteiger partial charge is 0.352 e. The molecule has 1 aliphatic rings. The van der Waals surface area contributed by atoms with Gasteiger partial charge in [0.1, 0.15) is 5.82 Å². The van der Waals surface area contributed by atoms with Crippen LogP contribution in [-0.4, -0.2) is 24.6 Å². The zero-order valence-corrected chi connectivity index (χ0v) is 14.2. The minimum absolute atomic E-state index is 0.673. The van der Waals surface area contributed by atoms with E-state index in [4.69, 9.17) is 4.98 Å². The van der Waals surface area contributed by atoms with Crippen molar-refractivity contribution >= 4 is 5.82 Å². The van der Waals surface area contributed by atoms with Crippen LogP contribution in [0.3, 0.4) is 0 Å². The number of pyridine rings is 1. The molecule has 0 radical (unpaired) electrons. The van der Waals surface area contributed by atoms with Crippen molar-refractivity contribution in [1.82, 2.24) is 10.3 Å². The standard InChI is InChI=1S/C18H29N3/c1-13(2)10-19-11-17-15(4)9-16(5)20-18(17)21-8-6-7-14(3)12-21/h7,9,13,19H,6,8,10-12H2,1-5H3. The van der Waals surface area contributed by atoms with E-state index < -0.39 is 0 Å². The van der Waals surface area contributed by atoms with Crippen LogP contribution in [0.1, 0.15) is 44.0 Å². The van der Waals surface area contributed by atoms with Gasteiger partial charge in [-0.25, -0.2) is 4.98 Å². The third kappa shape index (κ3) is 4.31. The van der Waals surface area contributed by atoms with Crippen molar-refractivity contribution in [3.05, 3.63) is 34.5 Å². The molecule has 0 bridgehead atoms. The number of hydrogen-bond acceptors (Lipinski definition) is 3. The van der Waals surface area contributed by atoms with Gasteiger partial charge in [-0.2, -0.15) is 0 Å². The summed E-state index contributed by atoms with van der Waals surface area (Å²) >= 11 is 0. The molecular weight excluding hydrogens is 258 g/mol. The summed E-state index contributed by atoms with van der Waals surface area (Å²) in [6.45, 7) is 15.0. The van der Waals surface area contributed by atoms with Crippen LogP contribution in [0.2, 0.25) is 0 Å². The summed E-state index contributed by atoms with van der Waals surface area (Å²) in [7, 11) is 0. The Morgan fingerprint density at radius 1 is 1.29 bits per heavy atom. The van der Waals surface area contributed by atoms with Gasteiger partial charge in [-0.05, 0) is 51.3 Å². The van der Waals surface area contributed by atoms with Gasteiger partial charge in [0.05, 0.1) is 0 Å². The molecular formula is C18H29N3. The highest BCUT2D eigenvalue weighted by Gasteiger charge is 2.17. The molecule has 0 spiro atoms. The predicted octanol–water partition coefficient (Wildman–Crippen LogP) is 3.60. The van der Waals surface area contributed by atoms with Crippen LogP contribution in [0, 0.1) is 19.8 Å². The van der Waals surface area contributed by atoms with E-state index in [9.17, 15) is 0 Å². The molecule has 0 unspecified atom stereocenters. The first-order chi connectivity index (χ1) is 9.97. The van der Waals surface area contributed by atoms with Crippen molar-refractivity contribution in [2.24, 2.45) is 5.92 Å². The number of rotatable bonds is 5. The molecule has 2 heterocycles. The van der Waals surface area contributed by atoms with Crippen molar-refractivity contribution in [2.75, 3.05) is 24.5 Å². The van der Waals surface area contributed by atoms with Crippen LogP contribution < -0.4 is 10.2 Å². The van der Waals surface area contributed by atoms with E-state index >= 15 is 0 Å². The summed E-state index contributed by atoms with van der Waals surface area (Å²) in [6.07, 6.45) is 3.47. The molecule has 1 aromatic rings. The minimum atomic E-state index is 0.673. The highest BCUT2D eigenvalue weighted by Crippen LogP contribution is 2.25. The number of nitrogens with zero attached hydrogens (tertiary/aromatic N) is 2. The number of hydrogen-bond donors (Lipinski definition) is 1. The molecule has 3 heteroatoms. The van der Waals surface area contributed by atoms with Crippen molar-refractivity contribution in [2.45, 2.75) is 47.6 Å². The Hall–Kier alpha value is -1.35. The smallest absolute Gasteiger partial charge is 0.133 e. The lowest BCUT2D eigenvalue weighted by Crippen LogP contribution is -2.32. The van der Waals surface area contributed by atoms with Crippen LogP contribution in [0.25, 0.3) is 0 Å². The van der Waals surface area contributed by atoms with Crippen molar-refractivity contribution in [1.29, 1.82) is 0 Å². The molecule has 1 aliphatic heterocycles. The SMILES string of the molecule is CC1=CCCN(c2nc(C)cc(C)c2CNCC(C)C)C1. The third-order valence-corrected chi connectivity index (χ3v) is 3.94. The lowest BCUT2D eigenvalue weighted by molar-refractivity contribution is 0.550. The Bertz CT molecular complexity index is 517. The summed E-state index contributed by atoms with van der Waals surface area (Å²) in [5.41, 5.74) is 5.27. The number of nitrogens with one attached hydrogen (secondary N) is 1. The molecule has 116 valence electrons. The van der Waals surface area contributed by atoms with Crippen molar-refractivity contribution in [3.8, 4) is 0 Å². The van der Waals surface area contributed by atoms with E-state index in [1.54, 1.807) is 0 Å². The summed E-state index contributed by atoms with van der Waals surface area (Å²) in [4.78, 5) is 7.28. The second kappa shape index (κ2) is 7.08. The van der Waals surface area contributed by atoms with Gasteiger partial charge in [-0.3, -0.25) is 0 Å². The molecule has 0 amide bonds. The molecule has 1 N–H and O–H groups in total. The van der Waals surface area contributed by atoms with E-state index in [0.717, 1.165) is 38.3 Å². The molecule has 0 fully saturated rings. The van der Waals surface area contributed by atoms with Crippen LogP contribution in [0.5, 0.6) is 0 Å². The first-order valence-corrected chi connectivity index (χ1v) is 8.05. The summed E-state index contributed by atoms with van der Waals surface area (Å²) in [5, 5.41) is 3.57. The molecule has 0 aromatic carbocycles. The zero-order valence-electron chi connectivity index (χ0n) is 14.2. The van der Waals surface area contributed by atoms with Gasteiger partial charge in [0, 0.05) is 30.9 Å². The summed E-state index contributed by atoms with van der Waals surface area (Å²) < 4.78 is 0. The van der Waals surface area contributed by atoms with Crippen LogP contribution in [-0.2, 0) is 6.54 Å². The lowest BCUT2D eigenvalue weighted by atomic mass is 10.1. The first kappa shape index (κ1) is 16.0. The second-order valence-corrected chi connectivity index (χ2v) is 6.67. The average molecular weight is 287 g/mol. The maximum atomic E-state index is 4.85. The molecule has 0 saturated carbocycles. The Morgan fingerprint density at radius 2 is 2.05 bits per heavy atom. The number of anilines is 1. The summed E-state index contributed by atoms with van der Waals surface area (Å²) in [5.74, 6) is 1.85. The topological polar surface area (TPSA) is 28.2 Å². The molecule has 21 heavy (non-hydrogen) atoms. The minimum Gasteiger partial charge on any atom is -0.352 e. The average Bonchev–Trinajstić information content (AvgIpc) is 2.40. The maximum Gasteiger partial charge on any atom is 0.133 e. The van der Waals surface area contributed by atoms with Gasteiger partial charge < -0.3 is 10.2 Å². The van der Waals surface area contributed by atoms with Gasteiger partial charge >= 0.3 is 0 Å². The lowest BCUT2D eigenvalue weighted by Gasteiger charge is -2.30. The Morgan fingerprint density at radius 3 is 2.71 bits per heavy atom. The van der Waals surface area contributed by atoms with Gasteiger partial charge in [0.2, 0.25) is 0 Å². The maximum absolute atomic E-state index is 4.85. The van der Waals surface area contributed by atoms with Crippen molar-refractivity contribution < 1.29 is 0 Å². The van der Waals surface area contributed by atoms with Crippen LogP contribution >= 0.6 is 0 Å². The molecule has 0 atom stereocenters. The predicted molar refractivity (Wildman–Crippen MR) is 90.8 cm³/mol. The number of aromatic nitrogens is 1.